The lowest BCUT2D eigenvalue weighted by atomic mass is 10.2. The van der Waals surface area contributed by atoms with Crippen LogP contribution in [0.5, 0.6) is 0 Å². The fraction of sp³-hybridized carbons (Fsp3) is 0.250. The SMILES string of the molecule is FC(F)(F)c1cnc2nc(CCl)[nH]c2c1. The van der Waals surface area contributed by atoms with E-state index in [1.165, 1.54) is 0 Å². The monoisotopic (exact) mass is 235 g/mol. The van der Waals surface area contributed by atoms with Gasteiger partial charge in [0.05, 0.1) is 17.0 Å². The first-order valence-corrected chi connectivity index (χ1v) is 4.52. The van der Waals surface area contributed by atoms with Gasteiger partial charge < -0.3 is 4.98 Å². The smallest absolute Gasteiger partial charge is 0.340 e. The maximum absolute atomic E-state index is 12.3. The van der Waals surface area contributed by atoms with Gasteiger partial charge in [0.25, 0.3) is 0 Å². The number of nitrogens with zero attached hydrogens (tertiary/aromatic N) is 2. The summed E-state index contributed by atoms with van der Waals surface area (Å²) in [5, 5.41) is 0. The van der Waals surface area contributed by atoms with Gasteiger partial charge in [0, 0.05) is 6.20 Å². The van der Waals surface area contributed by atoms with Crippen LogP contribution >= 0.6 is 11.6 Å². The number of alkyl halides is 4. The lowest BCUT2D eigenvalue weighted by molar-refractivity contribution is -0.137. The third-order valence-electron chi connectivity index (χ3n) is 1.84. The van der Waals surface area contributed by atoms with Crippen molar-refractivity contribution >= 4 is 22.8 Å². The molecule has 7 heteroatoms. The van der Waals surface area contributed by atoms with Gasteiger partial charge in [0.1, 0.15) is 5.82 Å². The number of fused-ring (bicyclic) bond motifs is 1. The predicted octanol–water partition coefficient (Wildman–Crippen LogP) is 2.72. The minimum Gasteiger partial charge on any atom is -0.340 e. The molecule has 0 saturated carbocycles. The highest BCUT2D eigenvalue weighted by molar-refractivity contribution is 6.16. The van der Waals surface area contributed by atoms with Crippen molar-refractivity contribution in [3.05, 3.63) is 23.7 Å². The summed E-state index contributed by atoms with van der Waals surface area (Å²) in [5.41, 5.74) is -0.334. The first-order chi connectivity index (χ1) is 7.00. The van der Waals surface area contributed by atoms with E-state index in [0.29, 0.717) is 5.82 Å². The van der Waals surface area contributed by atoms with Crippen molar-refractivity contribution in [3.63, 3.8) is 0 Å². The molecule has 2 aromatic heterocycles. The number of rotatable bonds is 1. The number of nitrogens with one attached hydrogen (secondary N) is 1. The summed E-state index contributed by atoms with van der Waals surface area (Å²) < 4.78 is 36.9. The number of H-pyrrole nitrogens is 1. The number of aromatic amines is 1. The molecule has 0 saturated heterocycles. The highest BCUT2D eigenvalue weighted by atomic mass is 35.5. The van der Waals surface area contributed by atoms with E-state index in [1.54, 1.807) is 0 Å². The molecule has 2 aromatic rings. The van der Waals surface area contributed by atoms with Gasteiger partial charge in [-0.1, -0.05) is 0 Å². The summed E-state index contributed by atoms with van der Waals surface area (Å²) in [4.78, 5) is 10.1. The van der Waals surface area contributed by atoms with Crippen molar-refractivity contribution in [1.82, 2.24) is 15.0 Å². The highest BCUT2D eigenvalue weighted by Gasteiger charge is 2.31. The molecule has 0 aliphatic heterocycles. The van der Waals surface area contributed by atoms with Crippen molar-refractivity contribution in [1.29, 1.82) is 0 Å². The number of hydrogen-bond donors (Lipinski definition) is 1. The molecule has 3 nitrogen and oxygen atoms in total. The molecule has 0 radical (unpaired) electrons. The molecule has 2 rings (SSSR count). The van der Waals surface area contributed by atoms with E-state index in [2.05, 4.69) is 15.0 Å². The molecule has 80 valence electrons. The first kappa shape index (κ1) is 10.2. The van der Waals surface area contributed by atoms with Crippen LogP contribution in [0.15, 0.2) is 12.3 Å². The fourth-order valence-electron chi connectivity index (χ4n) is 1.17. The normalized spacial score (nSPS) is 12.3. The summed E-state index contributed by atoms with van der Waals surface area (Å²) in [7, 11) is 0. The molecule has 0 amide bonds. The van der Waals surface area contributed by atoms with Crippen LogP contribution in [0.3, 0.4) is 0 Å². The maximum atomic E-state index is 12.3. The van der Waals surface area contributed by atoms with Crippen LogP contribution in [0, 0.1) is 0 Å². The molecule has 0 fully saturated rings. The van der Waals surface area contributed by atoms with Crippen LogP contribution in [0.4, 0.5) is 13.2 Å². The maximum Gasteiger partial charge on any atom is 0.417 e. The second-order valence-corrected chi connectivity index (χ2v) is 3.18. The number of aromatic nitrogens is 3. The number of pyridine rings is 1. The summed E-state index contributed by atoms with van der Waals surface area (Å²) in [5.74, 6) is 0.510. The van der Waals surface area contributed by atoms with Crippen LogP contribution in [0.1, 0.15) is 11.4 Å². The quantitative estimate of drug-likeness (QED) is 0.772. The number of hydrogen-bond acceptors (Lipinski definition) is 2. The van der Waals surface area contributed by atoms with Crippen LogP contribution in [0.25, 0.3) is 11.2 Å². The van der Waals surface area contributed by atoms with Gasteiger partial charge >= 0.3 is 6.18 Å². The Bertz CT molecular complexity index is 491. The first-order valence-electron chi connectivity index (χ1n) is 3.98. The van der Waals surface area contributed by atoms with Crippen molar-refractivity contribution in [2.75, 3.05) is 0 Å². The van der Waals surface area contributed by atoms with Crippen molar-refractivity contribution in [3.8, 4) is 0 Å². The second kappa shape index (κ2) is 3.37. The Kier molecular flexibility index (Phi) is 2.30. The molecule has 0 atom stereocenters. The molecule has 2 heterocycles. The molecule has 15 heavy (non-hydrogen) atoms. The lowest BCUT2D eigenvalue weighted by Gasteiger charge is -2.04. The lowest BCUT2D eigenvalue weighted by Crippen LogP contribution is -2.05. The van der Waals surface area contributed by atoms with E-state index < -0.39 is 11.7 Å². The molecular formula is C8H5ClF3N3. The van der Waals surface area contributed by atoms with E-state index in [1.807, 2.05) is 0 Å². The average Bonchev–Trinajstić information content (AvgIpc) is 2.57. The Balaban J connectivity index is 2.55. The fourth-order valence-corrected chi connectivity index (χ4v) is 1.29. The molecule has 0 aliphatic carbocycles. The van der Waals surface area contributed by atoms with Crippen LogP contribution in [0.2, 0.25) is 0 Å². The largest absolute Gasteiger partial charge is 0.417 e. The van der Waals surface area contributed by atoms with E-state index in [9.17, 15) is 13.2 Å². The van der Waals surface area contributed by atoms with E-state index in [4.69, 9.17) is 11.6 Å². The Hall–Kier alpha value is -1.30. The molecule has 0 spiro atoms. The standard InChI is InChI=1S/C8H5ClF3N3/c9-2-6-14-5-1-4(8(10,11)12)3-13-7(5)15-6/h1,3H,2H2,(H,13,14,15). The van der Waals surface area contributed by atoms with Gasteiger partial charge in [-0.25, -0.2) is 9.97 Å². The summed E-state index contributed by atoms with van der Waals surface area (Å²) >= 11 is 5.48. The van der Waals surface area contributed by atoms with Crippen molar-refractivity contribution in [2.45, 2.75) is 12.1 Å². The minimum absolute atomic E-state index is 0.109. The predicted molar refractivity (Wildman–Crippen MR) is 48.4 cm³/mol. The van der Waals surface area contributed by atoms with Crippen LogP contribution < -0.4 is 0 Å². The second-order valence-electron chi connectivity index (χ2n) is 2.91. The van der Waals surface area contributed by atoms with E-state index in [-0.39, 0.29) is 17.0 Å². The number of imidazole rings is 1. The molecule has 0 aliphatic rings. The Morgan fingerprint density at radius 1 is 1.40 bits per heavy atom. The molecule has 0 bridgehead atoms. The topological polar surface area (TPSA) is 41.6 Å². The van der Waals surface area contributed by atoms with Gasteiger partial charge in [-0.15, -0.1) is 11.6 Å². The molecular weight excluding hydrogens is 231 g/mol. The Morgan fingerprint density at radius 2 is 2.13 bits per heavy atom. The van der Waals surface area contributed by atoms with Gasteiger partial charge in [-0.3, -0.25) is 0 Å². The Labute approximate surface area is 87.3 Å². The van der Waals surface area contributed by atoms with Crippen LogP contribution in [-0.4, -0.2) is 15.0 Å². The van der Waals surface area contributed by atoms with Gasteiger partial charge in [-0.05, 0) is 6.07 Å². The van der Waals surface area contributed by atoms with Gasteiger partial charge in [0.15, 0.2) is 5.65 Å². The molecule has 0 unspecified atom stereocenters. The van der Waals surface area contributed by atoms with Gasteiger partial charge in [0.2, 0.25) is 0 Å². The number of halogens is 4. The summed E-state index contributed by atoms with van der Waals surface area (Å²) in [6.07, 6.45) is -3.64. The minimum atomic E-state index is -4.40. The third-order valence-corrected chi connectivity index (χ3v) is 2.09. The zero-order chi connectivity index (χ0) is 11.1. The summed E-state index contributed by atoms with van der Waals surface area (Å²) in [6, 6.07) is 0.964. The van der Waals surface area contributed by atoms with Gasteiger partial charge in [-0.2, -0.15) is 13.2 Å². The van der Waals surface area contributed by atoms with E-state index >= 15 is 0 Å². The average molecular weight is 236 g/mol. The van der Waals surface area contributed by atoms with Crippen molar-refractivity contribution in [2.24, 2.45) is 0 Å². The van der Waals surface area contributed by atoms with Crippen LogP contribution in [-0.2, 0) is 12.1 Å². The molecule has 1 N–H and O–H groups in total. The zero-order valence-electron chi connectivity index (χ0n) is 7.27. The van der Waals surface area contributed by atoms with Crippen molar-refractivity contribution < 1.29 is 13.2 Å². The molecule has 0 aromatic carbocycles. The summed E-state index contributed by atoms with van der Waals surface area (Å²) in [6.45, 7) is 0. The zero-order valence-corrected chi connectivity index (χ0v) is 8.02. The Morgan fingerprint density at radius 3 is 2.73 bits per heavy atom. The highest BCUT2D eigenvalue weighted by Crippen LogP contribution is 2.29. The van der Waals surface area contributed by atoms with E-state index in [0.717, 1.165) is 12.3 Å². The third kappa shape index (κ3) is 1.90.